The van der Waals surface area contributed by atoms with E-state index in [1.165, 1.54) is 0 Å². The van der Waals surface area contributed by atoms with Crippen molar-refractivity contribution in [1.82, 2.24) is 15.8 Å². The fourth-order valence-corrected chi connectivity index (χ4v) is 3.18. The molecular formula is C13H21N3O2S. The molecule has 1 saturated heterocycles. The van der Waals surface area contributed by atoms with Crippen molar-refractivity contribution in [1.29, 1.82) is 0 Å². The summed E-state index contributed by atoms with van der Waals surface area (Å²) in [6.45, 7) is 5.83. The van der Waals surface area contributed by atoms with Crippen LogP contribution in [0.2, 0.25) is 0 Å². The van der Waals surface area contributed by atoms with Gasteiger partial charge in [0.1, 0.15) is 5.76 Å². The molecule has 106 valence electrons. The van der Waals surface area contributed by atoms with E-state index in [1.807, 2.05) is 13.8 Å². The average molecular weight is 283 g/mol. The lowest BCUT2D eigenvalue weighted by atomic mass is 10.1. The van der Waals surface area contributed by atoms with Crippen molar-refractivity contribution in [3.63, 3.8) is 0 Å². The Bertz CT molecular complexity index is 408. The van der Waals surface area contributed by atoms with Crippen LogP contribution in [-0.2, 0) is 10.5 Å². The number of rotatable bonds is 5. The normalized spacial score (nSPS) is 16.5. The molecule has 1 fully saturated rings. The molecular weight excluding hydrogens is 262 g/mol. The Kier molecular flexibility index (Phi) is 5.27. The van der Waals surface area contributed by atoms with Crippen LogP contribution in [0, 0.1) is 13.8 Å². The van der Waals surface area contributed by atoms with Gasteiger partial charge < -0.3 is 15.2 Å². The van der Waals surface area contributed by atoms with Gasteiger partial charge >= 0.3 is 0 Å². The first kappa shape index (κ1) is 14.4. The second kappa shape index (κ2) is 6.96. The van der Waals surface area contributed by atoms with Gasteiger partial charge in [0, 0.05) is 17.4 Å². The second-order valence-electron chi connectivity index (χ2n) is 4.89. The van der Waals surface area contributed by atoms with Crippen LogP contribution >= 0.6 is 11.8 Å². The van der Waals surface area contributed by atoms with Gasteiger partial charge in [-0.15, -0.1) is 11.8 Å². The number of carbonyl (C=O) groups excluding carboxylic acids is 1. The number of thioether (sulfide) groups is 1. The van der Waals surface area contributed by atoms with Crippen LogP contribution in [0.1, 0.15) is 29.9 Å². The molecule has 0 spiro atoms. The summed E-state index contributed by atoms with van der Waals surface area (Å²) in [5, 5.41) is 10.3. The predicted octanol–water partition coefficient (Wildman–Crippen LogP) is 1.39. The smallest absolute Gasteiger partial charge is 0.230 e. The molecule has 1 aliphatic rings. The quantitative estimate of drug-likeness (QED) is 0.855. The standard InChI is InChI=1S/C13H21N3O2S/c1-9-12(10(2)18-16-9)7-19-8-13(17)15-11-3-5-14-6-4-11/h11,14H,3-8H2,1-2H3,(H,15,17). The molecule has 1 aromatic rings. The third kappa shape index (κ3) is 4.24. The van der Waals surface area contributed by atoms with E-state index in [2.05, 4.69) is 15.8 Å². The van der Waals surface area contributed by atoms with Gasteiger partial charge in [0.15, 0.2) is 0 Å². The highest BCUT2D eigenvalue weighted by Crippen LogP contribution is 2.19. The maximum absolute atomic E-state index is 11.8. The number of hydrogen-bond acceptors (Lipinski definition) is 5. The fraction of sp³-hybridized carbons (Fsp3) is 0.692. The van der Waals surface area contributed by atoms with Crippen molar-refractivity contribution < 1.29 is 9.32 Å². The number of hydrogen-bond donors (Lipinski definition) is 2. The molecule has 1 aliphatic heterocycles. The highest BCUT2D eigenvalue weighted by Gasteiger charge is 2.15. The number of aromatic nitrogens is 1. The average Bonchev–Trinajstić information content (AvgIpc) is 2.71. The Balaban J connectivity index is 1.69. The molecule has 0 aliphatic carbocycles. The van der Waals surface area contributed by atoms with E-state index in [9.17, 15) is 4.79 Å². The van der Waals surface area contributed by atoms with Crippen LogP contribution in [0.4, 0.5) is 0 Å². The first-order valence-corrected chi connectivity index (χ1v) is 7.82. The molecule has 2 rings (SSSR count). The minimum atomic E-state index is 0.128. The summed E-state index contributed by atoms with van der Waals surface area (Å²) in [6, 6.07) is 0.341. The minimum Gasteiger partial charge on any atom is -0.361 e. The highest BCUT2D eigenvalue weighted by molar-refractivity contribution is 7.99. The lowest BCUT2D eigenvalue weighted by molar-refractivity contribution is -0.119. The summed E-state index contributed by atoms with van der Waals surface area (Å²) < 4.78 is 5.10. The van der Waals surface area contributed by atoms with E-state index < -0.39 is 0 Å². The molecule has 2 N–H and O–H groups in total. The van der Waals surface area contributed by atoms with E-state index in [4.69, 9.17) is 4.52 Å². The van der Waals surface area contributed by atoms with Crippen molar-refractivity contribution >= 4 is 17.7 Å². The summed E-state index contributed by atoms with van der Waals surface area (Å²) >= 11 is 1.61. The molecule has 19 heavy (non-hydrogen) atoms. The molecule has 6 heteroatoms. The van der Waals surface area contributed by atoms with Crippen molar-refractivity contribution in [3.8, 4) is 0 Å². The number of amides is 1. The molecule has 0 aromatic carbocycles. The Labute approximate surface area is 117 Å². The van der Waals surface area contributed by atoms with Crippen LogP contribution in [0.3, 0.4) is 0 Å². The van der Waals surface area contributed by atoms with E-state index >= 15 is 0 Å². The van der Waals surface area contributed by atoms with E-state index in [0.717, 1.165) is 48.7 Å². The van der Waals surface area contributed by atoms with Crippen molar-refractivity contribution in [2.75, 3.05) is 18.8 Å². The number of carbonyl (C=O) groups is 1. The molecule has 0 unspecified atom stereocenters. The molecule has 1 aromatic heterocycles. The summed E-state index contributed by atoms with van der Waals surface area (Å²) in [6.07, 6.45) is 2.06. The number of aryl methyl sites for hydroxylation is 2. The van der Waals surface area contributed by atoms with Gasteiger partial charge in [-0.2, -0.15) is 0 Å². The zero-order valence-electron chi connectivity index (χ0n) is 11.5. The molecule has 0 saturated carbocycles. The molecule has 5 nitrogen and oxygen atoms in total. The predicted molar refractivity (Wildman–Crippen MR) is 76.2 cm³/mol. The molecule has 2 heterocycles. The number of nitrogens with zero attached hydrogens (tertiary/aromatic N) is 1. The first-order valence-electron chi connectivity index (χ1n) is 6.66. The molecule has 0 bridgehead atoms. The SMILES string of the molecule is Cc1noc(C)c1CSCC(=O)NC1CCNCC1. The maximum atomic E-state index is 11.8. The van der Waals surface area contributed by atoms with Crippen molar-refractivity contribution in [2.45, 2.75) is 38.5 Å². The van der Waals surface area contributed by atoms with Crippen LogP contribution in [0.25, 0.3) is 0 Å². The summed E-state index contributed by atoms with van der Waals surface area (Å²) in [5.74, 6) is 2.25. The Morgan fingerprint density at radius 3 is 2.84 bits per heavy atom. The zero-order valence-corrected chi connectivity index (χ0v) is 12.3. The Morgan fingerprint density at radius 1 is 1.47 bits per heavy atom. The van der Waals surface area contributed by atoms with Crippen molar-refractivity contribution in [2.24, 2.45) is 0 Å². The monoisotopic (exact) mass is 283 g/mol. The van der Waals surface area contributed by atoms with Crippen LogP contribution in [-0.4, -0.2) is 35.9 Å². The Morgan fingerprint density at radius 2 is 2.21 bits per heavy atom. The van der Waals surface area contributed by atoms with Gasteiger partial charge in [0.2, 0.25) is 5.91 Å². The van der Waals surface area contributed by atoms with E-state index in [-0.39, 0.29) is 5.91 Å². The van der Waals surface area contributed by atoms with E-state index in [1.54, 1.807) is 11.8 Å². The third-order valence-electron chi connectivity index (χ3n) is 3.37. The first-order chi connectivity index (χ1) is 9.16. The fourth-order valence-electron chi connectivity index (χ4n) is 2.19. The summed E-state index contributed by atoms with van der Waals surface area (Å²) in [4.78, 5) is 11.8. The van der Waals surface area contributed by atoms with Crippen molar-refractivity contribution in [3.05, 3.63) is 17.0 Å². The topological polar surface area (TPSA) is 67.2 Å². The molecule has 0 atom stereocenters. The van der Waals surface area contributed by atoms with Crippen LogP contribution < -0.4 is 10.6 Å². The molecule has 0 radical (unpaired) electrons. The Hall–Kier alpha value is -1.01. The van der Waals surface area contributed by atoms with Crippen LogP contribution in [0.5, 0.6) is 0 Å². The van der Waals surface area contributed by atoms with E-state index in [0.29, 0.717) is 11.8 Å². The van der Waals surface area contributed by atoms with Gasteiger partial charge in [-0.25, -0.2) is 0 Å². The van der Waals surface area contributed by atoms with Gasteiger partial charge in [0.05, 0.1) is 11.4 Å². The largest absolute Gasteiger partial charge is 0.361 e. The summed E-state index contributed by atoms with van der Waals surface area (Å²) in [5.41, 5.74) is 2.03. The highest BCUT2D eigenvalue weighted by atomic mass is 32.2. The van der Waals surface area contributed by atoms with Gasteiger partial charge in [0.25, 0.3) is 0 Å². The number of nitrogens with one attached hydrogen (secondary N) is 2. The van der Waals surface area contributed by atoms with Crippen LogP contribution in [0.15, 0.2) is 4.52 Å². The molecule has 1 amide bonds. The number of piperidine rings is 1. The minimum absolute atomic E-state index is 0.128. The summed E-state index contributed by atoms with van der Waals surface area (Å²) in [7, 11) is 0. The van der Waals surface area contributed by atoms with Gasteiger partial charge in [-0.05, 0) is 39.8 Å². The third-order valence-corrected chi connectivity index (χ3v) is 4.32. The lowest BCUT2D eigenvalue weighted by Crippen LogP contribution is -2.43. The zero-order chi connectivity index (χ0) is 13.7. The second-order valence-corrected chi connectivity index (χ2v) is 5.87. The van der Waals surface area contributed by atoms with Gasteiger partial charge in [-0.1, -0.05) is 5.16 Å². The lowest BCUT2D eigenvalue weighted by Gasteiger charge is -2.23. The van der Waals surface area contributed by atoms with Gasteiger partial charge in [-0.3, -0.25) is 4.79 Å². The maximum Gasteiger partial charge on any atom is 0.230 e.